The zero-order valence-electron chi connectivity index (χ0n) is 12.3. The van der Waals surface area contributed by atoms with E-state index in [0.29, 0.717) is 5.88 Å². The molecule has 0 unspecified atom stereocenters. The van der Waals surface area contributed by atoms with Gasteiger partial charge in [0.25, 0.3) is 0 Å². The third kappa shape index (κ3) is 2.41. The van der Waals surface area contributed by atoms with E-state index in [9.17, 15) is 4.79 Å². The molecule has 0 fully saturated rings. The minimum absolute atomic E-state index is 0.108. The van der Waals surface area contributed by atoms with E-state index in [0.717, 1.165) is 39.1 Å². The Hall–Kier alpha value is -2.59. The molecular formula is C18H14ClN3O. The summed E-state index contributed by atoms with van der Waals surface area (Å²) in [6.45, 7) is 0.108. The Bertz CT molecular complexity index is 942. The number of hydrogen-bond donors (Lipinski definition) is 2. The molecule has 0 saturated carbocycles. The van der Waals surface area contributed by atoms with Crippen LogP contribution in [0.15, 0.2) is 53.5 Å². The fourth-order valence-corrected chi connectivity index (χ4v) is 3.06. The van der Waals surface area contributed by atoms with Crippen molar-refractivity contribution in [3.63, 3.8) is 0 Å². The molecule has 0 bridgehead atoms. The predicted molar refractivity (Wildman–Crippen MR) is 93.4 cm³/mol. The molecule has 2 aromatic carbocycles. The third-order valence-corrected chi connectivity index (χ3v) is 4.25. The SMILES string of the molecule is O=C1CN=C(c2cccc(CCl)c2)c2[nH]c3ccccc3c2N1. The van der Waals surface area contributed by atoms with Crippen LogP contribution in [-0.2, 0) is 10.7 Å². The molecule has 2 N–H and O–H groups in total. The van der Waals surface area contributed by atoms with Crippen LogP contribution in [0.3, 0.4) is 0 Å². The lowest BCUT2D eigenvalue weighted by molar-refractivity contribution is -0.114. The largest absolute Gasteiger partial charge is 0.351 e. The lowest BCUT2D eigenvalue weighted by Crippen LogP contribution is -2.13. The Morgan fingerprint density at radius 1 is 1.13 bits per heavy atom. The number of rotatable bonds is 2. The molecule has 3 aromatic rings. The second-order valence-corrected chi connectivity index (χ2v) is 5.73. The summed E-state index contributed by atoms with van der Waals surface area (Å²) in [4.78, 5) is 19.9. The van der Waals surface area contributed by atoms with Crippen molar-refractivity contribution < 1.29 is 4.79 Å². The van der Waals surface area contributed by atoms with E-state index >= 15 is 0 Å². The zero-order valence-corrected chi connectivity index (χ0v) is 13.0. The standard InChI is InChI=1S/C18H14ClN3O/c19-9-11-4-3-5-12(8-11)16-18-17(22-15(23)10-20-16)13-6-1-2-7-14(13)21-18/h1-8,21H,9-10H2,(H,22,23). The molecule has 4 nitrogen and oxygen atoms in total. The number of aromatic nitrogens is 1. The Balaban J connectivity index is 1.95. The molecule has 0 spiro atoms. The molecule has 2 heterocycles. The van der Waals surface area contributed by atoms with E-state index in [1.807, 2.05) is 48.5 Å². The predicted octanol–water partition coefficient (Wildman–Crippen LogP) is 3.70. The van der Waals surface area contributed by atoms with Gasteiger partial charge in [-0.2, -0.15) is 0 Å². The van der Waals surface area contributed by atoms with Gasteiger partial charge in [-0.15, -0.1) is 11.6 Å². The monoisotopic (exact) mass is 323 g/mol. The minimum Gasteiger partial charge on any atom is -0.351 e. The highest BCUT2D eigenvalue weighted by Crippen LogP contribution is 2.31. The molecule has 114 valence electrons. The maximum absolute atomic E-state index is 12.0. The van der Waals surface area contributed by atoms with Gasteiger partial charge in [-0.3, -0.25) is 9.79 Å². The summed E-state index contributed by atoms with van der Waals surface area (Å²) in [5.74, 6) is 0.331. The number of para-hydroxylation sites is 1. The summed E-state index contributed by atoms with van der Waals surface area (Å²) in [5.41, 5.74) is 5.35. The topological polar surface area (TPSA) is 57.2 Å². The molecule has 5 heteroatoms. The van der Waals surface area contributed by atoms with E-state index in [2.05, 4.69) is 15.3 Å². The number of carbonyl (C=O) groups is 1. The van der Waals surface area contributed by atoms with E-state index in [1.54, 1.807) is 0 Å². The molecule has 1 aromatic heterocycles. The van der Waals surface area contributed by atoms with Crippen molar-refractivity contribution in [3.8, 4) is 0 Å². The summed E-state index contributed by atoms with van der Waals surface area (Å²) in [7, 11) is 0. The van der Waals surface area contributed by atoms with Crippen molar-refractivity contribution in [2.24, 2.45) is 4.99 Å². The lowest BCUT2D eigenvalue weighted by Gasteiger charge is -2.07. The number of H-pyrrole nitrogens is 1. The van der Waals surface area contributed by atoms with Gasteiger partial charge in [0.15, 0.2) is 0 Å². The van der Waals surface area contributed by atoms with Crippen molar-refractivity contribution in [2.45, 2.75) is 5.88 Å². The van der Waals surface area contributed by atoms with Crippen LogP contribution in [0, 0.1) is 0 Å². The number of benzene rings is 2. The van der Waals surface area contributed by atoms with Crippen LogP contribution in [0.2, 0.25) is 0 Å². The lowest BCUT2D eigenvalue weighted by atomic mass is 10.0. The maximum atomic E-state index is 12.0. The summed E-state index contributed by atoms with van der Waals surface area (Å²) in [6, 6.07) is 15.8. The zero-order chi connectivity index (χ0) is 15.8. The number of halogens is 1. The fourth-order valence-electron chi connectivity index (χ4n) is 2.90. The first-order chi connectivity index (χ1) is 11.3. The van der Waals surface area contributed by atoms with Crippen LogP contribution in [0.25, 0.3) is 10.9 Å². The van der Waals surface area contributed by atoms with Crippen molar-refractivity contribution in [1.82, 2.24) is 4.98 Å². The average Bonchev–Trinajstić information content (AvgIpc) is 2.85. The Labute approximate surface area is 138 Å². The molecule has 23 heavy (non-hydrogen) atoms. The minimum atomic E-state index is -0.112. The Kier molecular flexibility index (Phi) is 3.39. The highest BCUT2D eigenvalue weighted by molar-refractivity contribution is 6.23. The maximum Gasteiger partial charge on any atom is 0.246 e. The number of carbonyl (C=O) groups excluding carboxylic acids is 1. The number of aliphatic imine (C=N–C) groups is 1. The van der Waals surface area contributed by atoms with Gasteiger partial charge in [-0.25, -0.2) is 0 Å². The first-order valence-corrected chi connectivity index (χ1v) is 7.90. The van der Waals surface area contributed by atoms with Crippen LogP contribution < -0.4 is 5.32 Å². The Morgan fingerprint density at radius 3 is 2.87 bits per heavy atom. The number of anilines is 1. The van der Waals surface area contributed by atoms with Crippen molar-refractivity contribution in [2.75, 3.05) is 11.9 Å². The van der Waals surface area contributed by atoms with Crippen LogP contribution in [0.5, 0.6) is 0 Å². The first kappa shape index (κ1) is 14.0. The summed E-state index contributed by atoms with van der Waals surface area (Å²) < 4.78 is 0. The molecule has 1 aliphatic rings. The summed E-state index contributed by atoms with van der Waals surface area (Å²) in [6.07, 6.45) is 0. The van der Waals surface area contributed by atoms with Crippen molar-refractivity contribution in [1.29, 1.82) is 0 Å². The first-order valence-electron chi connectivity index (χ1n) is 7.37. The fraction of sp³-hybridized carbons (Fsp3) is 0.111. The highest BCUT2D eigenvalue weighted by Gasteiger charge is 2.22. The van der Waals surface area contributed by atoms with Crippen molar-refractivity contribution in [3.05, 3.63) is 65.4 Å². The molecule has 0 aliphatic carbocycles. The van der Waals surface area contributed by atoms with Gasteiger partial charge >= 0.3 is 0 Å². The number of nitrogens with zero attached hydrogens (tertiary/aromatic N) is 1. The number of fused-ring (bicyclic) bond motifs is 3. The number of alkyl halides is 1. The van der Waals surface area contributed by atoms with Crippen LogP contribution in [-0.4, -0.2) is 23.1 Å². The molecule has 0 radical (unpaired) electrons. The van der Waals surface area contributed by atoms with Gasteiger partial charge in [0.05, 0.1) is 17.1 Å². The second-order valence-electron chi connectivity index (χ2n) is 5.47. The Morgan fingerprint density at radius 2 is 2.00 bits per heavy atom. The van der Waals surface area contributed by atoms with Gasteiger partial charge in [0.1, 0.15) is 6.54 Å². The van der Waals surface area contributed by atoms with E-state index in [-0.39, 0.29) is 12.5 Å². The number of hydrogen-bond acceptors (Lipinski definition) is 2. The summed E-state index contributed by atoms with van der Waals surface area (Å²) in [5, 5.41) is 3.95. The van der Waals surface area contributed by atoms with Crippen LogP contribution >= 0.6 is 11.6 Å². The van der Waals surface area contributed by atoms with Crippen molar-refractivity contribution >= 4 is 39.8 Å². The smallest absolute Gasteiger partial charge is 0.246 e. The van der Waals surface area contributed by atoms with E-state index in [1.165, 1.54) is 0 Å². The number of aromatic amines is 1. The molecule has 1 aliphatic heterocycles. The molecular weight excluding hydrogens is 310 g/mol. The van der Waals surface area contributed by atoms with Gasteiger partial charge in [-0.05, 0) is 17.7 Å². The van der Waals surface area contributed by atoms with Crippen LogP contribution in [0.1, 0.15) is 16.8 Å². The molecule has 1 amide bonds. The van der Waals surface area contributed by atoms with E-state index in [4.69, 9.17) is 11.6 Å². The molecule has 4 rings (SSSR count). The highest BCUT2D eigenvalue weighted by atomic mass is 35.5. The normalized spacial score (nSPS) is 14.1. The number of amides is 1. The molecule has 0 atom stereocenters. The summed E-state index contributed by atoms with van der Waals surface area (Å²) >= 11 is 5.94. The third-order valence-electron chi connectivity index (χ3n) is 3.94. The van der Waals surface area contributed by atoms with Gasteiger partial charge in [0, 0.05) is 22.3 Å². The van der Waals surface area contributed by atoms with E-state index < -0.39 is 0 Å². The average molecular weight is 324 g/mol. The van der Waals surface area contributed by atoms with Gasteiger partial charge in [-0.1, -0.05) is 36.4 Å². The van der Waals surface area contributed by atoms with Gasteiger partial charge in [0.2, 0.25) is 5.91 Å². The second kappa shape index (κ2) is 5.56. The molecule has 0 saturated heterocycles. The quantitative estimate of drug-likeness (QED) is 0.694. The van der Waals surface area contributed by atoms with Crippen LogP contribution in [0.4, 0.5) is 5.69 Å². The number of nitrogens with one attached hydrogen (secondary N) is 2. The van der Waals surface area contributed by atoms with Gasteiger partial charge < -0.3 is 10.3 Å².